The topological polar surface area (TPSA) is 69.3 Å². The van der Waals surface area contributed by atoms with Gasteiger partial charge in [-0.2, -0.15) is 0 Å². The van der Waals surface area contributed by atoms with E-state index in [2.05, 4.69) is 10.3 Å². The van der Waals surface area contributed by atoms with Crippen LogP contribution in [0.5, 0.6) is 0 Å². The third-order valence-corrected chi connectivity index (χ3v) is 3.78. The van der Waals surface area contributed by atoms with Crippen molar-refractivity contribution >= 4 is 34.9 Å². The minimum atomic E-state index is -0.412. The van der Waals surface area contributed by atoms with Crippen LogP contribution in [0.4, 0.5) is 11.5 Å². The van der Waals surface area contributed by atoms with E-state index in [1.165, 1.54) is 6.07 Å². The zero-order chi connectivity index (χ0) is 14.4. The molecule has 0 unspecified atom stereocenters. The Bertz CT molecular complexity index is 592. The fraction of sp³-hybridized carbons (Fsp3) is 0.154. The highest BCUT2D eigenvalue weighted by Crippen LogP contribution is 2.21. The largest absolute Gasteiger partial charge is 0.357 e. The maximum absolute atomic E-state index is 10.8. The molecular weight excluding hydrogens is 298 g/mol. The molecule has 0 saturated carbocycles. The lowest BCUT2D eigenvalue weighted by molar-refractivity contribution is -0.409. The van der Waals surface area contributed by atoms with Gasteiger partial charge in [-0.05, 0) is 30.3 Å². The van der Waals surface area contributed by atoms with Crippen molar-refractivity contribution in [3.63, 3.8) is 0 Å². The Morgan fingerprint density at radius 2 is 2.05 bits per heavy atom. The van der Waals surface area contributed by atoms with Crippen LogP contribution in [0, 0.1) is 10.1 Å². The van der Waals surface area contributed by atoms with Crippen LogP contribution in [0.15, 0.2) is 47.5 Å². The van der Waals surface area contributed by atoms with E-state index < -0.39 is 4.92 Å². The second-order valence-corrected chi connectivity index (χ2v) is 5.52. The Hall–Kier alpha value is -1.79. The molecule has 0 spiro atoms. The first kappa shape index (κ1) is 14.6. The number of hydrogen-bond donors (Lipinski definition) is 1. The van der Waals surface area contributed by atoms with Crippen molar-refractivity contribution < 1.29 is 9.91 Å². The zero-order valence-corrected chi connectivity index (χ0v) is 12.1. The van der Waals surface area contributed by atoms with Crippen molar-refractivity contribution in [2.75, 3.05) is 17.6 Å². The fourth-order valence-electron chi connectivity index (χ4n) is 1.60. The van der Waals surface area contributed by atoms with E-state index in [4.69, 9.17) is 11.6 Å². The number of aromatic nitrogens is 1. The number of halogens is 1. The molecule has 20 heavy (non-hydrogen) atoms. The molecule has 1 aromatic carbocycles. The number of nitro groups is 1. The van der Waals surface area contributed by atoms with E-state index in [1.807, 2.05) is 24.3 Å². The maximum atomic E-state index is 10.8. The lowest BCUT2D eigenvalue weighted by Gasteiger charge is -2.01. The smallest absolute Gasteiger partial charge is 0.268 e. The average Bonchev–Trinajstić information content (AvgIpc) is 2.46. The molecule has 1 aromatic heterocycles. The summed E-state index contributed by atoms with van der Waals surface area (Å²) < 4.78 is 0. The molecule has 0 aliphatic heterocycles. The fourth-order valence-corrected chi connectivity index (χ4v) is 2.49. The number of pyridine rings is 1. The van der Waals surface area contributed by atoms with Gasteiger partial charge >= 0.3 is 11.5 Å². The highest BCUT2D eigenvalue weighted by molar-refractivity contribution is 7.99. The molecule has 2 rings (SSSR count). The molecule has 2 aromatic rings. The molecule has 0 bridgehead atoms. The summed E-state index contributed by atoms with van der Waals surface area (Å²) in [6.07, 6.45) is 1.65. The summed E-state index contributed by atoms with van der Waals surface area (Å²) >= 11 is 7.47. The van der Waals surface area contributed by atoms with E-state index in [9.17, 15) is 10.1 Å². The van der Waals surface area contributed by atoms with Gasteiger partial charge in [0.25, 0.3) is 0 Å². The first-order valence-corrected chi connectivity index (χ1v) is 7.30. The Labute approximate surface area is 125 Å². The second-order valence-electron chi connectivity index (χ2n) is 3.92. The molecular formula is C13H13ClN3O2S+. The highest BCUT2D eigenvalue weighted by atomic mass is 35.5. The van der Waals surface area contributed by atoms with Crippen LogP contribution in [-0.4, -0.2) is 17.2 Å². The monoisotopic (exact) mass is 310 g/mol. The number of aromatic amines is 1. The molecule has 0 atom stereocenters. The summed E-state index contributed by atoms with van der Waals surface area (Å²) in [7, 11) is 0. The third kappa shape index (κ3) is 4.11. The summed E-state index contributed by atoms with van der Waals surface area (Å²) in [6.45, 7) is 0.620. The molecule has 0 aliphatic rings. The number of anilines is 1. The number of nitrogens with one attached hydrogen (secondary N) is 2. The second kappa shape index (κ2) is 7.12. The van der Waals surface area contributed by atoms with Gasteiger partial charge in [-0.3, -0.25) is 15.4 Å². The average molecular weight is 311 g/mol. The van der Waals surface area contributed by atoms with E-state index >= 15 is 0 Å². The van der Waals surface area contributed by atoms with Gasteiger partial charge in [0.2, 0.25) is 0 Å². The van der Waals surface area contributed by atoms with Crippen molar-refractivity contribution in [2.45, 2.75) is 4.90 Å². The van der Waals surface area contributed by atoms with E-state index in [0.29, 0.717) is 17.4 Å². The van der Waals surface area contributed by atoms with Gasteiger partial charge in [-0.25, -0.2) is 4.98 Å². The molecule has 0 amide bonds. The lowest BCUT2D eigenvalue weighted by Crippen LogP contribution is -2.16. The molecule has 5 nitrogen and oxygen atoms in total. The Morgan fingerprint density at radius 3 is 2.75 bits per heavy atom. The van der Waals surface area contributed by atoms with Gasteiger partial charge in [0, 0.05) is 21.7 Å². The predicted octanol–water partition coefficient (Wildman–Crippen LogP) is 3.27. The lowest BCUT2D eigenvalue weighted by atomic mass is 10.4. The van der Waals surface area contributed by atoms with Gasteiger partial charge in [0.15, 0.2) is 0 Å². The first-order chi connectivity index (χ1) is 9.66. The predicted molar refractivity (Wildman–Crippen MR) is 80.3 cm³/mol. The Kier molecular flexibility index (Phi) is 5.20. The zero-order valence-electron chi connectivity index (χ0n) is 10.5. The molecule has 0 radical (unpaired) electrons. The van der Waals surface area contributed by atoms with Gasteiger partial charge in [-0.1, -0.05) is 11.6 Å². The van der Waals surface area contributed by atoms with Crippen LogP contribution in [0.25, 0.3) is 0 Å². The summed E-state index contributed by atoms with van der Waals surface area (Å²) in [6, 6.07) is 10.6. The maximum Gasteiger partial charge on any atom is 0.357 e. The van der Waals surface area contributed by atoms with Gasteiger partial charge < -0.3 is 0 Å². The van der Waals surface area contributed by atoms with Gasteiger partial charge in [0.05, 0.1) is 17.7 Å². The Morgan fingerprint density at radius 1 is 1.30 bits per heavy atom. The number of benzene rings is 1. The standard InChI is InChI=1S/C13H12ClN3O2S/c14-10-3-5-11(6-4-10)20-9-8-16-13-12(17(18)19)2-1-7-15-13/h1-7H,8-9H2,(H,15,16)/p+1. The van der Waals surface area contributed by atoms with Gasteiger partial charge in [0.1, 0.15) is 0 Å². The number of H-pyrrole nitrogens is 1. The SMILES string of the molecule is O=[N+]([O-])c1ccc[nH+]c1NCCSc1ccc(Cl)cc1. The van der Waals surface area contributed by atoms with Gasteiger partial charge in [-0.15, -0.1) is 11.8 Å². The van der Waals surface area contributed by atoms with Crippen LogP contribution >= 0.6 is 23.4 Å². The van der Waals surface area contributed by atoms with E-state index in [-0.39, 0.29) is 5.69 Å². The van der Waals surface area contributed by atoms with Crippen LogP contribution < -0.4 is 10.3 Å². The van der Waals surface area contributed by atoms with Crippen molar-refractivity contribution in [2.24, 2.45) is 0 Å². The number of thioether (sulfide) groups is 1. The molecule has 7 heteroatoms. The summed E-state index contributed by atoms with van der Waals surface area (Å²) in [5.41, 5.74) is 0.0454. The number of nitrogens with zero attached hydrogens (tertiary/aromatic N) is 1. The number of hydrogen-bond acceptors (Lipinski definition) is 4. The van der Waals surface area contributed by atoms with E-state index in [0.717, 1.165) is 10.6 Å². The quantitative estimate of drug-likeness (QED) is 0.385. The summed E-state index contributed by atoms with van der Waals surface area (Å²) in [5.74, 6) is 1.22. The van der Waals surface area contributed by atoms with Crippen LogP contribution in [0.2, 0.25) is 5.02 Å². The van der Waals surface area contributed by atoms with Crippen molar-refractivity contribution in [1.82, 2.24) is 0 Å². The Balaban J connectivity index is 1.84. The van der Waals surface area contributed by atoms with E-state index in [1.54, 1.807) is 24.0 Å². The van der Waals surface area contributed by atoms with Crippen LogP contribution in [0.1, 0.15) is 0 Å². The van der Waals surface area contributed by atoms with Crippen LogP contribution in [0.3, 0.4) is 0 Å². The first-order valence-electron chi connectivity index (χ1n) is 5.94. The van der Waals surface area contributed by atoms with Crippen LogP contribution in [-0.2, 0) is 0 Å². The minimum absolute atomic E-state index is 0.0454. The molecule has 104 valence electrons. The third-order valence-electron chi connectivity index (χ3n) is 2.52. The summed E-state index contributed by atoms with van der Waals surface area (Å²) in [5, 5.41) is 14.6. The molecule has 0 fully saturated rings. The van der Waals surface area contributed by atoms with Crippen molar-refractivity contribution in [3.8, 4) is 0 Å². The minimum Gasteiger partial charge on any atom is -0.268 e. The van der Waals surface area contributed by atoms with Crippen molar-refractivity contribution in [1.29, 1.82) is 0 Å². The summed E-state index contributed by atoms with van der Waals surface area (Å²) in [4.78, 5) is 14.4. The molecule has 1 heterocycles. The normalized spacial score (nSPS) is 10.2. The number of rotatable bonds is 6. The molecule has 0 saturated heterocycles. The molecule has 2 N–H and O–H groups in total. The highest BCUT2D eigenvalue weighted by Gasteiger charge is 2.18. The van der Waals surface area contributed by atoms with Crippen molar-refractivity contribution in [3.05, 3.63) is 57.7 Å². The molecule has 0 aliphatic carbocycles.